The van der Waals surface area contributed by atoms with Gasteiger partial charge in [0.2, 0.25) is 5.91 Å². The van der Waals surface area contributed by atoms with Crippen LogP contribution in [0.15, 0.2) is 34.8 Å². The third-order valence-corrected chi connectivity index (χ3v) is 5.46. The standard InChI is InChI=1S/C20H20BrN5O/c1-11-9-12(2)23-20(22-11)26-19-18(13(3)24-26)16(10-17(27)25(19)4)14-5-7-15(21)8-6-14/h5-9,16H,10H2,1-4H3/t16-/m0/s1. The molecule has 6 nitrogen and oxygen atoms in total. The largest absolute Gasteiger partial charge is 0.299 e. The molecule has 0 N–H and O–H groups in total. The van der Waals surface area contributed by atoms with Crippen molar-refractivity contribution in [3.8, 4) is 5.95 Å². The minimum absolute atomic E-state index is 0.0311. The summed E-state index contributed by atoms with van der Waals surface area (Å²) in [4.78, 5) is 23.5. The van der Waals surface area contributed by atoms with E-state index in [1.54, 1.807) is 16.6 Å². The molecular weight excluding hydrogens is 406 g/mol. The zero-order valence-corrected chi connectivity index (χ0v) is 17.3. The number of rotatable bonds is 2. The topological polar surface area (TPSA) is 63.9 Å². The molecule has 0 saturated carbocycles. The number of halogens is 1. The maximum Gasteiger partial charge on any atom is 0.252 e. The van der Waals surface area contributed by atoms with E-state index in [-0.39, 0.29) is 11.8 Å². The van der Waals surface area contributed by atoms with Gasteiger partial charge in [0.25, 0.3) is 5.95 Å². The Hall–Kier alpha value is -2.54. The summed E-state index contributed by atoms with van der Waals surface area (Å²) in [6.45, 7) is 5.84. The van der Waals surface area contributed by atoms with Crippen LogP contribution in [0.5, 0.6) is 0 Å². The molecule has 2 aromatic heterocycles. The van der Waals surface area contributed by atoms with Gasteiger partial charge in [-0.2, -0.15) is 9.78 Å². The van der Waals surface area contributed by atoms with Crippen molar-refractivity contribution in [2.24, 2.45) is 0 Å². The fraction of sp³-hybridized carbons (Fsp3) is 0.300. The van der Waals surface area contributed by atoms with Crippen molar-refractivity contribution in [1.29, 1.82) is 0 Å². The van der Waals surface area contributed by atoms with Gasteiger partial charge in [0, 0.05) is 40.8 Å². The minimum Gasteiger partial charge on any atom is -0.299 e. The Bertz CT molecular complexity index is 1020. The summed E-state index contributed by atoms with van der Waals surface area (Å²) >= 11 is 3.48. The fourth-order valence-electron chi connectivity index (χ4n) is 3.71. The van der Waals surface area contributed by atoms with Crippen LogP contribution >= 0.6 is 15.9 Å². The van der Waals surface area contributed by atoms with Crippen molar-refractivity contribution in [3.63, 3.8) is 0 Å². The van der Waals surface area contributed by atoms with Crippen molar-refractivity contribution < 1.29 is 4.79 Å². The van der Waals surface area contributed by atoms with Crippen LogP contribution in [-0.2, 0) is 4.79 Å². The normalized spacial score (nSPS) is 16.6. The van der Waals surface area contributed by atoms with Crippen LogP contribution in [0.2, 0.25) is 0 Å². The first-order chi connectivity index (χ1) is 12.8. The van der Waals surface area contributed by atoms with Crippen LogP contribution in [0.1, 0.15) is 40.5 Å². The monoisotopic (exact) mass is 425 g/mol. The first-order valence-corrected chi connectivity index (χ1v) is 9.58. The number of benzene rings is 1. The molecule has 0 fully saturated rings. The fourth-order valence-corrected chi connectivity index (χ4v) is 3.98. The molecule has 7 heteroatoms. The summed E-state index contributed by atoms with van der Waals surface area (Å²) in [5.41, 5.74) is 4.79. The van der Waals surface area contributed by atoms with Gasteiger partial charge in [-0.3, -0.25) is 9.69 Å². The highest BCUT2D eigenvalue weighted by Gasteiger charge is 2.36. The number of nitrogens with zero attached hydrogens (tertiary/aromatic N) is 5. The van der Waals surface area contributed by atoms with E-state index in [1.165, 1.54) is 0 Å². The van der Waals surface area contributed by atoms with Crippen LogP contribution in [0.25, 0.3) is 5.95 Å². The van der Waals surface area contributed by atoms with E-state index in [1.807, 2.05) is 39.0 Å². The van der Waals surface area contributed by atoms with E-state index in [2.05, 4.69) is 38.0 Å². The smallest absolute Gasteiger partial charge is 0.252 e. The van der Waals surface area contributed by atoms with Gasteiger partial charge in [0.15, 0.2) is 0 Å². The lowest BCUT2D eigenvalue weighted by atomic mass is 9.85. The average Bonchev–Trinajstić information content (AvgIpc) is 2.96. The molecule has 4 rings (SSSR count). The van der Waals surface area contributed by atoms with Crippen molar-refractivity contribution in [1.82, 2.24) is 19.7 Å². The highest BCUT2D eigenvalue weighted by Crippen LogP contribution is 2.42. The van der Waals surface area contributed by atoms with E-state index in [4.69, 9.17) is 5.10 Å². The van der Waals surface area contributed by atoms with E-state index >= 15 is 0 Å². The molecule has 27 heavy (non-hydrogen) atoms. The maximum atomic E-state index is 12.8. The molecular formula is C20H20BrN5O. The predicted molar refractivity (Wildman–Crippen MR) is 107 cm³/mol. The lowest BCUT2D eigenvalue weighted by molar-refractivity contribution is -0.118. The molecule has 1 amide bonds. The third kappa shape index (κ3) is 3.06. The predicted octanol–water partition coefficient (Wildman–Crippen LogP) is 3.85. The second-order valence-electron chi connectivity index (χ2n) is 6.95. The Labute approximate surface area is 166 Å². The molecule has 1 atom stereocenters. The number of carbonyl (C=O) groups is 1. The molecule has 0 aliphatic carbocycles. The Morgan fingerprint density at radius 3 is 2.33 bits per heavy atom. The van der Waals surface area contributed by atoms with Gasteiger partial charge in [0.1, 0.15) is 5.82 Å². The summed E-state index contributed by atoms with van der Waals surface area (Å²) in [6.07, 6.45) is 0.422. The first kappa shape index (κ1) is 17.9. The molecule has 1 aliphatic heterocycles. The number of aryl methyl sites for hydroxylation is 3. The van der Waals surface area contributed by atoms with Crippen LogP contribution in [0.4, 0.5) is 5.82 Å². The van der Waals surface area contributed by atoms with Crippen LogP contribution in [0.3, 0.4) is 0 Å². The number of hydrogen-bond donors (Lipinski definition) is 0. The number of fused-ring (bicyclic) bond motifs is 1. The zero-order chi connectivity index (χ0) is 19.3. The molecule has 3 heterocycles. The van der Waals surface area contributed by atoms with Crippen molar-refractivity contribution in [3.05, 3.63) is 63.0 Å². The van der Waals surface area contributed by atoms with Gasteiger partial charge in [-0.1, -0.05) is 28.1 Å². The Morgan fingerprint density at radius 2 is 1.70 bits per heavy atom. The van der Waals surface area contributed by atoms with Gasteiger partial charge >= 0.3 is 0 Å². The van der Waals surface area contributed by atoms with Gasteiger partial charge < -0.3 is 0 Å². The lowest BCUT2D eigenvalue weighted by Crippen LogP contribution is -2.35. The van der Waals surface area contributed by atoms with Crippen molar-refractivity contribution in [2.45, 2.75) is 33.1 Å². The number of aromatic nitrogens is 4. The van der Waals surface area contributed by atoms with E-state index in [0.717, 1.165) is 38.5 Å². The van der Waals surface area contributed by atoms with Crippen molar-refractivity contribution in [2.75, 3.05) is 11.9 Å². The maximum absolute atomic E-state index is 12.8. The highest BCUT2D eigenvalue weighted by atomic mass is 79.9. The molecule has 0 unspecified atom stereocenters. The zero-order valence-electron chi connectivity index (χ0n) is 15.7. The molecule has 0 spiro atoms. The second-order valence-corrected chi connectivity index (χ2v) is 7.86. The van der Waals surface area contributed by atoms with Gasteiger partial charge in [0.05, 0.1) is 5.69 Å². The van der Waals surface area contributed by atoms with Crippen LogP contribution in [0, 0.1) is 20.8 Å². The van der Waals surface area contributed by atoms with Crippen molar-refractivity contribution >= 4 is 27.7 Å². The van der Waals surface area contributed by atoms with E-state index < -0.39 is 0 Å². The third-order valence-electron chi connectivity index (χ3n) is 4.93. The number of carbonyl (C=O) groups excluding carboxylic acids is 1. The molecule has 1 aromatic carbocycles. The van der Waals surface area contributed by atoms with Gasteiger partial charge in [-0.05, 0) is 44.5 Å². The van der Waals surface area contributed by atoms with Crippen LogP contribution < -0.4 is 4.90 Å². The quantitative estimate of drug-likeness (QED) is 0.625. The first-order valence-electron chi connectivity index (χ1n) is 8.79. The molecule has 138 valence electrons. The van der Waals surface area contributed by atoms with Gasteiger partial charge in [-0.25, -0.2) is 9.97 Å². The van der Waals surface area contributed by atoms with Gasteiger partial charge in [-0.15, -0.1) is 0 Å². The van der Waals surface area contributed by atoms with E-state index in [9.17, 15) is 4.79 Å². The highest BCUT2D eigenvalue weighted by molar-refractivity contribution is 9.10. The number of anilines is 1. The summed E-state index contributed by atoms with van der Waals surface area (Å²) in [7, 11) is 1.79. The Kier molecular flexibility index (Phi) is 4.34. The Morgan fingerprint density at radius 1 is 1.07 bits per heavy atom. The summed E-state index contributed by atoms with van der Waals surface area (Å²) in [6, 6.07) is 10.0. The van der Waals surface area contributed by atoms with Crippen LogP contribution in [-0.4, -0.2) is 32.7 Å². The minimum atomic E-state index is -0.0311. The molecule has 0 bridgehead atoms. The molecule has 1 aliphatic rings. The number of hydrogen-bond acceptors (Lipinski definition) is 4. The number of amides is 1. The molecule has 0 radical (unpaired) electrons. The summed E-state index contributed by atoms with van der Waals surface area (Å²) in [5.74, 6) is 1.27. The second kappa shape index (κ2) is 6.56. The molecule has 3 aromatic rings. The summed E-state index contributed by atoms with van der Waals surface area (Å²) < 4.78 is 2.72. The SMILES string of the molecule is Cc1cc(C)nc(-n2nc(C)c3c2N(C)C(=O)C[C@H]3c2ccc(Br)cc2)n1. The van der Waals surface area contributed by atoms with E-state index in [0.29, 0.717) is 12.4 Å². The Balaban J connectivity index is 1.93. The molecule has 0 saturated heterocycles. The summed E-state index contributed by atoms with van der Waals surface area (Å²) in [5, 5.41) is 4.71. The average molecular weight is 426 g/mol. The lowest BCUT2D eigenvalue weighted by Gasteiger charge is -2.30.